The first-order valence-electron chi connectivity index (χ1n) is 23.6. The topological polar surface area (TPSA) is 13.1 Å². The first kappa shape index (κ1) is 14.5. The zero-order valence-corrected chi connectivity index (χ0v) is 24.3. The molecule has 1 heteroatoms. The smallest absolute Gasteiger partial charge is 0.143 e. The van der Waals surface area contributed by atoms with Gasteiger partial charge >= 0.3 is 0 Å². The number of fused-ring (bicyclic) bond motifs is 3. The van der Waals surface area contributed by atoms with Crippen molar-refractivity contribution in [1.29, 1.82) is 0 Å². The Morgan fingerprint density at radius 2 is 0.872 bits per heavy atom. The molecule has 220 valence electrons. The molecule has 0 spiro atoms. The second-order valence-electron chi connectivity index (χ2n) is 10.7. The van der Waals surface area contributed by atoms with E-state index in [9.17, 15) is 5.48 Å². The lowest BCUT2D eigenvalue weighted by molar-refractivity contribution is 0.632. The van der Waals surface area contributed by atoms with E-state index >= 15 is 0 Å². The van der Waals surface area contributed by atoms with Gasteiger partial charge < -0.3 is 4.42 Å². The number of benzene rings is 8. The Hall–Kier alpha value is -6.18. The molecule has 0 aliphatic carbocycles. The van der Waals surface area contributed by atoms with Crippen LogP contribution in [-0.4, -0.2) is 0 Å². The molecule has 1 heterocycles. The van der Waals surface area contributed by atoms with Crippen molar-refractivity contribution in [1.82, 2.24) is 0 Å². The zero-order valence-electron chi connectivity index (χ0n) is 42.3. The van der Waals surface area contributed by atoms with Crippen LogP contribution < -0.4 is 0 Å². The predicted molar refractivity (Wildman–Crippen MR) is 198 cm³/mol. The van der Waals surface area contributed by atoms with Gasteiger partial charge in [-0.2, -0.15) is 0 Å². The van der Waals surface area contributed by atoms with Gasteiger partial charge in [-0.15, -0.1) is 0 Å². The highest BCUT2D eigenvalue weighted by Gasteiger charge is 2.24. The molecule has 0 saturated heterocycles. The maximum Gasteiger partial charge on any atom is 0.143 e. The highest BCUT2D eigenvalue weighted by atomic mass is 16.3. The minimum Gasteiger partial charge on any atom is -0.455 e. The number of hydrogen-bond donors (Lipinski definition) is 0. The summed E-state index contributed by atoms with van der Waals surface area (Å²) in [5, 5.41) is -1.37. The molecular formula is C46H30O. The zero-order chi connectivity index (χ0) is 46.8. The van der Waals surface area contributed by atoms with Crippen LogP contribution in [0.2, 0.25) is 0 Å². The first-order valence-corrected chi connectivity index (χ1v) is 14.6. The van der Waals surface area contributed by atoms with Crippen molar-refractivity contribution in [2.45, 2.75) is 0 Å². The molecule has 0 aliphatic rings. The summed E-state index contributed by atoms with van der Waals surface area (Å²) in [5.74, 6) is 0.0500. The van der Waals surface area contributed by atoms with E-state index in [-0.39, 0.29) is 49.8 Å². The number of furan rings is 1. The third-order valence-corrected chi connectivity index (χ3v) is 8.08. The Balaban J connectivity index is 1.59. The molecular weight excluding hydrogens is 569 g/mol. The largest absolute Gasteiger partial charge is 0.455 e. The average Bonchev–Trinajstić information content (AvgIpc) is 3.69. The van der Waals surface area contributed by atoms with E-state index in [0.29, 0.717) is 5.56 Å². The van der Waals surface area contributed by atoms with Gasteiger partial charge in [0, 0.05) is 22.1 Å². The van der Waals surface area contributed by atoms with Crippen molar-refractivity contribution in [3.05, 3.63) is 182 Å². The Labute approximate surface area is 299 Å². The molecule has 9 rings (SSSR count). The fraction of sp³-hybridized carbons (Fsp3) is 0. The molecule has 0 atom stereocenters. The summed E-state index contributed by atoms with van der Waals surface area (Å²) in [5.41, 5.74) is 0.843. The van der Waals surface area contributed by atoms with E-state index in [1.807, 2.05) is 36.4 Å². The van der Waals surface area contributed by atoms with Gasteiger partial charge in [0.2, 0.25) is 0 Å². The van der Waals surface area contributed by atoms with Crippen molar-refractivity contribution in [3.8, 4) is 55.8 Å². The molecule has 0 radical (unpaired) electrons. The Bertz CT molecular complexity index is 3440. The third-order valence-electron chi connectivity index (χ3n) is 8.08. The van der Waals surface area contributed by atoms with Crippen LogP contribution in [0, 0.1) is 0 Å². The van der Waals surface area contributed by atoms with Crippen LogP contribution in [0.3, 0.4) is 0 Å². The van der Waals surface area contributed by atoms with Gasteiger partial charge in [-0.05, 0) is 73.1 Å². The van der Waals surface area contributed by atoms with Crippen LogP contribution in [0.25, 0.3) is 88.3 Å². The van der Waals surface area contributed by atoms with Gasteiger partial charge in [-0.25, -0.2) is 0 Å². The minimum atomic E-state index is -0.797. The van der Waals surface area contributed by atoms with Crippen LogP contribution in [0.1, 0.15) is 24.7 Å². The molecule has 0 aliphatic heterocycles. The summed E-state index contributed by atoms with van der Waals surface area (Å²) in [7, 11) is 0. The van der Waals surface area contributed by atoms with Gasteiger partial charge in [-0.3, -0.25) is 0 Å². The monoisotopic (exact) mass is 616 g/mol. The van der Waals surface area contributed by atoms with Crippen molar-refractivity contribution in [2.75, 3.05) is 0 Å². The summed E-state index contributed by atoms with van der Waals surface area (Å²) in [4.78, 5) is 0. The fourth-order valence-corrected chi connectivity index (χ4v) is 6.07. The summed E-state index contributed by atoms with van der Waals surface area (Å²) in [6, 6.07) is 8.19. The Morgan fingerprint density at radius 3 is 1.53 bits per heavy atom. The summed E-state index contributed by atoms with van der Waals surface area (Å²) >= 11 is 0. The van der Waals surface area contributed by atoms with Crippen molar-refractivity contribution < 1.29 is 29.1 Å². The SMILES string of the molecule is [2H]c1c([2H])c([2H])c(-c2ccc3oc(-c4cccc(-c5ccccc5)c4)c(-c4c5c([2H])c([2H])c([2H])c([2H])c5c(-c5c([2H])c([2H])c([2H])c([2H])c5[2H])c5c([2H])c([2H])c([2H])c([2H])c45)c3c2)c([2H])c1[2H]. The van der Waals surface area contributed by atoms with E-state index in [1.165, 1.54) is 18.2 Å². The molecule has 9 aromatic rings. The molecule has 1 nitrogen and oxygen atoms in total. The quantitative estimate of drug-likeness (QED) is 0.175. The highest BCUT2D eigenvalue weighted by molar-refractivity contribution is 6.25. The first-order chi connectivity index (χ1) is 30.8. The molecule has 8 aromatic carbocycles. The van der Waals surface area contributed by atoms with E-state index in [0.717, 1.165) is 11.1 Å². The van der Waals surface area contributed by atoms with Crippen molar-refractivity contribution in [2.24, 2.45) is 0 Å². The average molecular weight is 617 g/mol. The lowest BCUT2D eigenvalue weighted by Gasteiger charge is -2.18. The van der Waals surface area contributed by atoms with E-state index in [1.54, 1.807) is 18.2 Å². The lowest BCUT2D eigenvalue weighted by Crippen LogP contribution is -1.91. The van der Waals surface area contributed by atoms with Gasteiger partial charge in [0.15, 0.2) is 0 Å². The van der Waals surface area contributed by atoms with Gasteiger partial charge in [0.05, 0.1) is 24.7 Å². The predicted octanol–water partition coefficient (Wildman–Crippen LogP) is 13.1. The second-order valence-corrected chi connectivity index (χ2v) is 10.7. The fourth-order valence-electron chi connectivity index (χ4n) is 6.07. The van der Waals surface area contributed by atoms with Crippen LogP contribution in [-0.2, 0) is 0 Å². The maximum atomic E-state index is 9.56. The standard InChI is InChI=1S/C46H30O/c1-4-15-31(16-5-1)34-21-14-22-36(29-34)46-45(41-30-35(27-28-42(41)47-46)32-17-6-2-7-18-32)44-39-25-12-10-23-37(39)43(33-19-8-3-9-20-33)38-24-11-13-26-40(38)44/h1-30H/i2D,3D,6D,7D,8D,9D,10D,11D,12D,13D,17D,18D,19D,20D,23D,24D,25D,26D. The molecule has 0 fully saturated rings. The number of hydrogen-bond acceptors (Lipinski definition) is 1. The summed E-state index contributed by atoms with van der Waals surface area (Å²) < 4.78 is 166. The van der Waals surface area contributed by atoms with E-state index in [2.05, 4.69) is 0 Å². The molecule has 0 saturated carbocycles. The Morgan fingerprint density at radius 1 is 0.340 bits per heavy atom. The summed E-state index contributed by atoms with van der Waals surface area (Å²) in [6.07, 6.45) is 0. The second kappa shape index (κ2) is 11.3. The van der Waals surface area contributed by atoms with Gasteiger partial charge in [0.1, 0.15) is 11.3 Å². The van der Waals surface area contributed by atoms with Crippen molar-refractivity contribution >= 4 is 32.5 Å². The van der Waals surface area contributed by atoms with Gasteiger partial charge in [-0.1, -0.05) is 163 Å². The summed E-state index contributed by atoms with van der Waals surface area (Å²) in [6.45, 7) is 0. The van der Waals surface area contributed by atoms with Crippen LogP contribution in [0.15, 0.2) is 186 Å². The Kier molecular flexibility index (Phi) is 3.49. The minimum absolute atomic E-state index is 0.0251. The molecule has 0 bridgehead atoms. The highest BCUT2D eigenvalue weighted by Crippen LogP contribution is 2.50. The van der Waals surface area contributed by atoms with Crippen LogP contribution in [0.5, 0.6) is 0 Å². The van der Waals surface area contributed by atoms with E-state index in [4.69, 9.17) is 23.6 Å². The van der Waals surface area contributed by atoms with E-state index < -0.39 is 131 Å². The lowest BCUT2D eigenvalue weighted by atomic mass is 9.84. The normalized spacial score (nSPS) is 16.8. The van der Waals surface area contributed by atoms with Gasteiger partial charge in [0.25, 0.3) is 0 Å². The molecule has 1 aromatic heterocycles. The molecule has 0 unspecified atom stereocenters. The molecule has 0 amide bonds. The molecule has 47 heavy (non-hydrogen) atoms. The third kappa shape index (κ3) is 4.64. The number of rotatable bonds is 5. The van der Waals surface area contributed by atoms with Crippen LogP contribution >= 0.6 is 0 Å². The van der Waals surface area contributed by atoms with Crippen molar-refractivity contribution in [3.63, 3.8) is 0 Å². The molecule has 0 N–H and O–H groups in total. The van der Waals surface area contributed by atoms with Crippen LogP contribution in [0.4, 0.5) is 0 Å². The maximum absolute atomic E-state index is 9.56.